The number of non-ortho nitro benzene ring substituents is 1. The lowest BCUT2D eigenvalue weighted by atomic mass is 10.2. The number of rotatable bonds is 2. The molecule has 0 unspecified atom stereocenters. The van der Waals surface area contributed by atoms with Gasteiger partial charge in [-0.15, -0.1) is 0 Å². The normalized spacial score (nSPS) is 10.0. The molecule has 0 amide bonds. The van der Waals surface area contributed by atoms with Gasteiger partial charge in [0.15, 0.2) is 5.52 Å². The molecule has 7 nitrogen and oxygen atoms in total. The summed E-state index contributed by atoms with van der Waals surface area (Å²) in [4.78, 5) is 18.6. The van der Waals surface area contributed by atoms with Gasteiger partial charge in [0.25, 0.3) is 5.89 Å². The fourth-order valence-electron chi connectivity index (χ4n) is 1.89. The molecule has 3 aromatic rings. The monoisotopic (exact) mass is 295 g/mol. The topological polar surface area (TPSA) is 91.3 Å². The van der Waals surface area contributed by atoms with Crippen LogP contribution in [0.5, 0.6) is 5.75 Å². The molecule has 0 radical (unpaired) electrons. The summed E-state index contributed by atoms with van der Waals surface area (Å²) in [6.07, 6.45) is 3.23. The molecule has 3 rings (SSSR count). The van der Waals surface area contributed by atoms with Crippen LogP contribution in [-0.2, 0) is 0 Å². The third-order valence-electron chi connectivity index (χ3n) is 2.88. The Morgan fingerprint density at radius 2 is 2.18 bits per heavy atom. The Morgan fingerprint density at radius 3 is 2.86 bits per heavy atom. The Balaban J connectivity index is 2.11. The van der Waals surface area contributed by atoms with Gasteiger partial charge in [-0.05, 0) is 24.1 Å². The number of pyridine rings is 1. The van der Waals surface area contributed by atoms with E-state index >= 15 is 0 Å². The maximum Gasteiger partial charge on any atom is 0.314 e. The smallest absolute Gasteiger partial charge is 0.314 e. The summed E-state index contributed by atoms with van der Waals surface area (Å²) in [5, 5.41) is 11.0. The maximum atomic E-state index is 11.0. The predicted molar refractivity (Wildman–Crippen MR) is 77.4 cm³/mol. The van der Waals surface area contributed by atoms with Gasteiger partial charge >= 0.3 is 5.69 Å². The number of fused-ring (bicyclic) bond motifs is 1. The van der Waals surface area contributed by atoms with Gasteiger partial charge in [0.2, 0.25) is 5.58 Å². The molecule has 2 aromatic heterocycles. The van der Waals surface area contributed by atoms with E-state index in [9.17, 15) is 10.1 Å². The second-order valence-electron chi connectivity index (χ2n) is 4.23. The van der Waals surface area contributed by atoms with Crippen molar-refractivity contribution in [1.82, 2.24) is 9.97 Å². The van der Waals surface area contributed by atoms with Crippen LogP contribution in [0.25, 0.3) is 11.1 Å². The van der Waals surface area contributed by atoms with E-state index in [-0.39, 0.29) is 22.7 Å². The highest BCUT2D eigenvalue weighted by atomic mass is 16.6. The van der Waals surface area contributed by atoms with E-state index in [0.29, 0.717) is 11.3 Å². The van der Waals surface area contributed by atoms with Crippen molar-refractivity contribution in [1.29, 1.82) is 0 Å². The van der Waals surface area contributed by atoms with Crippen LogP contribution in [0.15, 0.2) is 41.1 Å². The Kier molecular flexibility index (Phi) is 3.42. The number of hydrogen-bond acceptors (Lipinski definition) is 6. The molecule has 0 fully saturated rings. The van der Waals surface area contributed by atoms with Crippen LogP contribution >= 0.6 is 0 Å². The van der Waals surface area contributed by atoms with Crippen molar-refractivity contribution in [2.24, 2.45) is 0 Å². The second kappa shape index (κ2) is 5.54. The van der Waals surface area contributed by atoms with Crippen LogP contribution in [0.4, 0.5) is 5.69 Å². The molecule has 0 N–H and O–H groups in total. The van der Waals surface area contributed by atoms with Gasteiger partial charge in [-0.1, -0.05) is 5.92 Å². The molecule has 1 aromatic carbocycles. The molecule has 0 atom stereocenters. The van der Waals surface area contributed by atoms with Crippen molar-refractivity contribution >= 4 is 16.8 Å². The molecule has 7 heteroatoms. The van der Waals surface area contributed by atoms with Gasteiger partial charge in [0.05, 0.1) is 12.0 Å². The van der Waals surface area contributed by atoms with Gasteiger partial charge in [-0.2, -0.15) is 4.98 Å². The molecule has 0 saturated heterocycles. The summed E-state index contributed by atoms with van der Waals surface area (Å²) in [5.74, 6) is 6.01. The van der Waals surface area contributed by atoms with Crippen molar-refractivity contribution in [3.63, 3.8) is 0 Å². The largest absolute Gasteiger partial charge is 0.494 e. The van der Waals surface area contributed by atoms with E-state index in [1.165, 1.54) is 19.2 Å². The van der Waals surface area contributed by atoms with Crippen LogP contribution < -0.4 is 4.74 Å². The average Bonchev–Trinajstić information content (AvgIpc) is 2.96. The number of ether oxygens (including phenoxy) is 1. The first-order chi connectivity index (χ1) is 10.7. The van der Waals surface area contributed by atoms with Gasteiger partial charge in [-0.25, -0.2) is 0 Å². The van der Waals surface area contributed by atoms with Gasteiger partial charge in [0.1, 0.15) is 5.75 Å². The number of aromatic nitrogens is 2. The van der Waals surface area contributed by atoms with Gasteiger partial charge in [-0.3, -0.25) is 15.1 Å². The summed E-state index contributed by atoms with van der Waals surface area (Å²) in [5.41, 5.74) is 0.816. The third kappa shape index (κ3) is 2.45. The van der Waals surface area contributed by atoms with E-state index in [4.69, 9.17) is 9.15 Å². The molecular weight excluding hydrogens is 286 g/mol. The Bertz CT molecular complexity index is 907. The summed E-state index contributed by atoms with van der Waals surface area (Å²) in [6, 6.07) is 6.32. The number of methoxy groups -OCH3 is 1. The lowest BCUT2D eigenvalue weighted by molar-refractivity contribution is -0.383. The first-order valence-electron chi connectivity index (χ1n) is 6.23. The number of nitro groups is 1. The number of oxazole rings is 1. The lowest BCUT2D eigenvalue weighted by Crippen LogP contribution is -1.90. The fourth-order valence-corrected chi connectivity index (χ4v) is 1.89. The van der Waals surface area contributed by atoms with Crippen LogP contribution in [-0.4, -0.2) is 22.0 Å². The third-order valence-corrected chi connectivity index (χ3v) is 2.88. The van der Waals surface area contributed by atoms with Crippen molar-refractivity contribution in [2.75, 3.05) is 7.11 Å². The van der Waals surface area contributed by atoms with Crippen LogP contribution in [0, 0.1) is 22.0 Å². The van der Waals surface area contributed by atoms with Crippen molar-refractivity contribution < 1.29 is 14.1 Å². The number of nitrogens with zero attached hydrogens (tertiary/aromatic N) is 3. The minimum atomic E-state index is -0.536. The molecule has 0 aliphatic rings. The van der Waals surface area contributed by atoms with E-state index < -0.39 is 4.92 Å². The van der Waals surface area contributed by atoms with Crippen molar-refractivity contribution in [2.45, 2.75) is 0 Å². The fraction of sp³-hybridized carbons (Fsp3) is 0.0667. The molecule has 0 spiro atoms. The predicted octanol–water partition coefficient (Wildman–Crippen LogP) is 2.54. The standard InChI is InChI=1S/C15H9N3O4/c1-21-12-6-5-11(18(19)20)15-14(12)17-13(22-15)7-4-10-3-2-8-16-9-10/h2-3,5-6,8-9H,1H3. The van der Waals surface area contributed by atoms with E-state index in [1.807, 2.05) is 0 Å². The summed E-state index contributed by atoms with van der Waals surface area (Å²) >= 11 is 0. The minimum absolute atomic E-state index is 0.0415. The Labute approximate surface area is 124 Å². The highest BCUT2D eigenvalue weighted by Gasteiger charge is 2.21. The number of benzene rings is 1. The molecule has 0 saturated carbocycles. The molecule has 0 bridgehead atoms. The Hall–Kier alpha value is -3.40. The molecular formula is C15H9N3O4. The second-order valence-corrected chi connectivity index (χ2v) is 4.23. The molecule has 22 heavy (non-hydrogen) atoms. The molecule has 2 heterocycles. The van der Waals surface area contributed by atoms with E-state index in [0.717, 1.165) is 0 Å². The zero-order chi connectivity index (χ0) is 15.5. The highest BCUT2D eigenvalue weighted by molar-refractivity contribution is 5.88. The SMILES string of the molecule is COc1ccc([N+](=O)[O-])c2oc(C#Cc3cccnc3)nc12. The minimum Gasteiger partial charge on any atom is -0.494 e. The highest BCUT2D eigenvalue weighted by Crippen LogP contribution is 2.32. The van der Waals surface area contributed by atoms with E-state index in [2.05, 4.69) is 21.8 Å². The molecule has 0 aliphatic carbocycles. The van der Waals surface area contributed by atoms with Gasteiger partial charge < -0.3 is 9.15 Å². The maximum absolute atomic E-state index is 11.0. The van der Waals surface area contributed by atoms with Crippen molar-refractivity contribution in [3.05, 3.63) is 58.2 Å². The van der Waals surface area contributed by atoms with Crippen molar-refractivity contribution in [3.8, 4) is 17.6 Å². The molecule has 108 valence electrons. The summed E-state index contributed by atoms with van der Waals surface area (Å²) < 4.78 is 10.5. The van der Waals surface area contributed by atoms with Crippen LogP contribution in [0.2, 0.25) is 0 Å². The first-order valence-corrected chi connectivity index (χ1v) is 6.23. The first kappa shape index (κ1) is 13.6. The Morgan fingerprint density at radius 1 is 1.32 bits per heavy atom. The zero-order valence-corrected chi connectivity index (χ0v) is 11.4. The number of hydrogen-bond donors (Lipinski definition) is 0. The zero-order valence-electron chi connectivity index (χ0n) is 11.4. The van der Waals surface area contributed by atoms with Crippen LogP contribution in [0.3, 0.4) is 0 Å². The van der Waals surface area contributed by atoms with Gasteiger partial charge in [0, 0.05) is 24.0 Å². The quantitative estimate of drug-likeness (QED) is 0.410. The number of nitro benzene ring substituents is 1. The summed E-state index contributed by atoms with van der Waals surface area (Å²) in [6.45, 7) is 0. The van der Waals surface area contributed by atoms with E-state index in [1.54, 1.807) is 24.5 Å². The lowest BCUT2D eigenvalue weighted by Gasteiger charge is -1.98. The average molecular weight is 295 g/mol. The molecule has 0 aliphatic heterocycles. The van der Waals surface area contributed by atoms with Crippen LogP contribution in [0.1, 0.15) is 11.5 Å². The summed E-state index contributed by atoms with van der Waals surface area (Å²) in [7, 11) is 1.45.